The molecule has 0 aliphatic carbocycles. The van der Waals surface area contributed by atoms with Crippen LogP contribution in [0.1, 0.15) is 30.4 Å². The quantitative estimate of drug-likeness (QED) is 0.662. The van der Waals surface area contributed by atoms with Crippen molar-refractivity contribution in [2.75, 3.05) is 32.1 Å². The second-order valence-corrected chi connectivity index (χ2v) is 7.65. The summed E-state index contributed by atoms with van der Waals surface area (Å²) in [7, 11) is 3.90. The third kappa shape index (κ3) is 3.91. The van der Waals surface area contributed by atoms with Crippen LogP contribution in [0.4, 0.5) is 9.52 Å². The van der Waals surface area contributed by atoms with Crippen molar-refractivity contribution in [1.82, 2.24) is 19.7 Å². The molecule has 0 unspecified atom stereocenters. The highest BCUT2D eigenvalue weighted by atomic mass is 32.1. The van der Waals surface area contributed by atoms with Gasteiger partial charge >= 0.3 is 0 Å². The largest absolute Gasteiger partial charge is 0.308 e. The Morgan fingerprint density at radius 3 is 2.69 bits per heavy atom. The van der Waals surface area contributed by atoms with Crippen LogP contribution in [-0.2, 0) is 0 Å². The Balaban J connectivity index is 1.95. The first-order chi connectivity index (χ1) is 12.3. The Labute approximate surface area is 155 Å². The van der Waals surface area contributed by atoms with Crippen molar-refractivity contribution in [3.8, 4) is 0 Å². The van der Waals surface area contributed by atoms with Crippen LogP contribution in [0.5, 0.6) is 0 Å². The molecule has 0 spiro atoms. The maximum Gasteiger partial charge on any atom is 0.280 e. The van der Waals surface area contributed by atoms with Gasteiger partial charge in [-0.3, -0.25) is 14.4 Å². The standard InChI is InChI=1S/C18H22FN5OS/c1-12(2)24-8-7-15(21-24)17(25)23(10-9-22(3)4)18-20-14-6-5-13(19)11-16(14)26-18/h5-8,11-12H,9-10H2,1-4H3. The van der Waals surface area contributed by atoms with Gasteiger partial charge in [0, 0.05) is 25.3 Å². The van der Waals surface area contributed by atoms with Gasteiger partial charge in [-0.05, 0) is 52.2 Å². The Morgan fingerprint density at radius 2 is 2.04 bits per heavy atom. The number of hydrogen-bond donors (Lipinski definition) is 0. The zero-order chi connectivity index (χ0) is 18.8. The summed E-state index contributed by atoms with van der Waals surface area (Å²) in [5.74, 6) is -0.514. The summed E-state index contributed by atoms with van der Waals surface area (Å²) in [6.07, 6.45) is 1.80. The number of halogens is 1. The molecular weight excluding hydrogens is 353 g/mol. The Morgan fingerprint density at radius 1 is 1.27 bits per heavy atom. The van der Waals surface area contributed by atoms with Crippen LogP contribution in [0.15, 0.2) is 30.5 Å². The fourth-order valence-corrected chi connectivity index (χ4v) is 3.48. The molecule has 0 fully saturated rings. The number of anilines is 1. The van der Waals surface area contributed by atoms with Crippen molar-refractivity contribution in [3.63, 3.8) is 0 Å². The highest BCUT2D eigenvalue weighted by Crippen LogP contribution is 2.30. The van der Waals surface area contributed by atoms with E-state index in [1.54, 1.807) is 27.9 Å². The van der Waals surface area contributed by atoms with E-state index in [0.29, 0.717) is 29.4 Å². The molecule has 3 aromatic rings. The normalized spacial score (nSPS) is 11.7. The third-order valence-electron chi connectivity index (χ3n) is 3.94. The van der Waals surface area contributed by atoms with Gasteiger partial charge in [0.25, 0.3) is 5.91 Å². The zero-order valence-electron chi connectivity index (χ0n) is 15.3. The van der Waals surface area contributed by atoms with E-state index < -0.39 is 0 Å². The number of carbonyl (C=O) groups excluding carboxylic acids is 1. The van der Waals surface area contributed by atoms with E-state index in [9.17, 15) is 9.18 Å². The lowest BCUT2D eigenvalue weighted by atomic mass is 10.3. The molecule has 0 saturated carbocycles. The van der Waals surface area contributed by atoms with Crippen LogP contribution in [0, 0.1) is 5.82 Å². The van der Waals surface area contributed by atoms with E-state index in [1.807, 2.05) is 32.8 Å². The number of fused-ring (bicyclic) bond motifs is 1. The molecule has 2 heterocycles. The number of carbonyl (C=O) groups is 1. The molecule has 138 valence electrons. The van der Waals surface area contributed by atoms with Crippen molar-refractivity contribution < 1.29 is 9.18 Å². The Hall–Kier alpha value is -2.32. The van der Waals surface area contributed by atoms with E-state index in [-0.39, 0.29) is 17.8 Å². The smallest absolute Gasteiger partial charge is 0.280 e. The minimum absolute atomic E-state index is 0.178. The summed E-state index contributed by atoms with van der Waals surface area (Å²) in [5.41, 5.74) is 1.06. The number of hydrogen-bond acceptors (Lipinski definition) is 5. The summed E-state index contributed by atoms with van der Waals surface area (Å²) in [6.45, 7) is 5.17. The van der Waals surface area contributed by atoms with E-state index in [4.69, 9.17) is 0 Å². The summed E-state index contributed by atoms with van der Waals surface area (Å²) in [5, 5.41) is 4.93. The number of likely N-dealkylation sites (N-methyl/N-ethyl adjacent to an activating group) is 1. The molecule has 1 aromatic carbocycles. The molecule has 1 amide bonds. The van der Waals surface area contributed by atoms with Gasteiger partial charge in [-0.1, -0.05) is 11.3 Å². The molecule has 2 aromatic heterocycles. The molecule has 0 aliphatic rings. The molecule has 0 atom stereocenters. The molecule has 0 aliphatic heterocycles. The van der Waals surface area contributed by atoms with Crippen molar-refractivity contribution in [1.29, 1.82) is 0 Å². The van der Waals surface area contributed by atoms with Crippen LogP contribution < -0.4 is 4.90 Å². The fourth-order valence-electron chi connectivity index (χ4n) is 2.46. The molecular formula is C18H22FN5OS. The molecule has 0 N–H and O–H groups in total. The predicted molar refractivity (Wildman–Crippen MR) is 102 cm³/mol. The van der Waals surface area contributed by atoms with Gasteiger partial charge in [-0.25, -0.2) is 9.37 Å². The van der Waals surface area contributed by atoms with Gasteiger partial charge in [0.1, 0.15) is 5.82 Å². The van der Waals surface area contributed by atoms with Crippen molar-refractivity contribution in [3.05, 3.63) is 42.0 Å². The topological polar surface area (TPSA) is 54.3 Å². The molecule has 3 rings (SSSR count). The summed E-state index contributed by atoms with van der Waals surface area (Å²) >= 11 is 1.31. The highest BCUT2D eigenvalue weighted by Gasteiger charge is 2.23. The SMILES string of the molecule is CC(C)n1ccc(C(=O)N(CCN(C)C)c2nc3ccc(F)cc3s2)n1. The number of amides is 1. The van der Waals surface area contributed by atoms with E-state index >= 15 is 0 Å². The van der Waals surface area contributed by atoms with Gasteiger partial charge < -0.3 is 4.90 Å². The molecule has 6 nitrogen and oxygen atoms in total. The molecule has 26 heavy (non-hydrogen) atoms. The molecule has 0 saturated heterocycles. The van der Waals surface area contributed by atoms with Gasteiger partial charge in [-0.2, -0.15) is 5.10 Å². The summed E-state index contributed by atoms with van der Waals surface area (Å²) in [6, 6.07) is 6.35. The Bertz CT molecular complexity index is 917. The second kappa shape index (κ2) is 7.51. The van der Waals surface area contributed by atoms with Crippen molar-refractivity contribution in [2.45, 2.75) is 19.9 Å². The van der Waals surface area contributed by atoms with Crippen molar-refractivity contribution in [2.24, 2.45) is 0 Å². The minimum Gasteiger partial charge on any atom is -0.308 e. The Kier molecular flexibility index (Phi) is 5.33. The van der Waals surface area contributed by atoms with Gasteiger partial charge in [0.2, 0.25) is 0 Å². The van der Waals surface area contributed by atoms with E-state index in [2.05, 4.69) is 10.1 Å². The number of nitrogens with zero attached hydrogens (tertiary/aromatic N) is 5. The third-order valence-corrected chi connectivity index (χ3v) is 4.98. The fraction of sp³-hybridized carbons (Fsp3) is 0.389. The molecule has 0 bridgehead atoms. The monoisotopic (exact) mass is 375 g/mol. The van der Waals surface area contributed by atoms with Crippen molar-refractivity contribution >= 4 is 32.6 Å². The van der Waals surface area contributed by atoms with Gasteiger partial charge in [-0.15, -0.1) is 0 Å². The highest BCUT2D eigenvalue weighted by molar-refractivity contribution is 7.22. The van der Waals surface area contributed by atoms with E-state index in [0.717, 1.165) is 4.70 Å². The lowest BCUT2D eigenvalue weighted by molar-refractivity contribution is 0.0979. The molecule has 8 heteroatoms. The van der Waals surface area contributed by atoms with E-state index in [1.165, 1.54) is 23.5 Å². The number of benzene rings is 1. The second-order valence-electron chi connectivity index (χ2n) is 6.64. The maximum atomic E-state index is 13.5. The van der Waals surface area contributed by atoms with Gasteiger partial charge in [0.05, 0.1) is 10.2 Å². The first kappa shape index (κ1) is 18.5. The number of rotatable bonds is 6. The number of thiazole rings is 1. The maximum absolute atomic E-state index is 13.5. The van der Waals surface area contributed by atoms with Crippen LogP contribution in [0.3, 0.4) is 0 Å². The van der Waals surface area contributed by atoms with Crippen LogP contribution in [-0.4, -0.2) is 52.8 Å². The van der Waals surface area contributed by atoms with Gasteiger partial charge in [0.15, 0.2) is 10.8 Å². The van der Waals surface area contributed by atoms with Crippen LogP contribution >= 0.6 is 11.3 Å². The first-order valence-electron chi connectivity index (χ1n) is 8.43. The lowest BCUT2D eigenvalue weighted by Crippen LogP contribution is -2.37. The zero-order valence-corrected chi connectivity index (χ0v) is 16.1. The lowest BCUT2D eigenvalue weighted by Gasteiger charge is -2.21. The predicted octanol–water partition coefficient (Wildman–Crippen LogP) is 3.42. The minimum atomic E-state index is -0.311. The average Bonchev–Trinajstić information content (AvgIpc) is 3.20. The molecule has 0 radical (unpaired) electrons. The van der Waals surface area contributed by atoms with Crippen LogP contribution in [0.2, 0.25) is 0 Å². The average molecular weight is 375 g/mol. The summed E-state index contributed by atoms with van der Waals surface area (Å²) < 4.78 is 16.0. The summed E-state index contributed by atoms with van der Waals surface area (Å²) in [4.78, 5) is 21.2. The number of aromatic nitrogens is 3. The first-order valence-corrected chi connectivity index (χ1v) is 9.24. The van der Waals surface area contributed by atoms with Crippen LogP contribution in [0.25, 0.3) is 10.2 Å².